The molecule has 0 spiro atoms. The molecule has 0 atom stereocenters. The molecule has 4 rings (SSSR count). The third kappa shape index (κ3) is 7.19. The molecule has 1 saturated heterocycles. The molecule has 0 bridgehead atoms. The van der Waals surface area contributed by atoms with Crippen molar-refractivity contribution in [3.05, 3.63) is 83.0 Å². The Morgan fingerprint density at radius 1 is 0.971 bits per heavy atom. The molecule has 1 aliphatic heterocycles. The minimum Gasteiger partial charge on any atom is -0.354 e. The topological polar surface area (TPSA) is 61.4 Å². The number of carbonyl (C=O) groups excluding carboxylic acids is 1. The van der Waals surface area contributed by atoms with Crippen molar-refractivity contribution in [3.63, 3.8) is 0 Å². The van der Waals surface area contributed by atoms with E-state index in [9.17, 15) is 4.79 Å². The van der Waals surface area contributed by atoms with E-state index < -0.39 is 0 Å². The van der Waals surface area contributed by atoms with Crippen molar-refractivity contribution >= 4 is 35.1 Å². The molecule has 0 saturated carbocycles. The maximum absolute atomic E-state index is 12.2. The summed E-state index contributed by atoms with van der Waals surface area (Å²) in [5, 5.41) is 3.87. The molecular weight excluding hydrogens is 478 g/mol. The average Bonchev–Trinajstić information content (AvgIpc) is 2.83. The van der Waals surface area contributed by atoms with Crippen LogP contribution >= 0.6 is 23.4 Å². The van der Waals surface area contributed by atoms with Gasteiger partial charge in [0.25, 0.3) is 0 Å². The summed E-state index contributed by atoms with van der Waals surface area (Å²) in [6, 6.07) is 23.4. The van der Waals surface area contributed by atoms with Gasteiger partial charge in [0.1, 0.15) is 11.0 Å². The predicted octanol–water partition coefficient (Wildman–Crippen LogP) is 5.05. The summed E-state index contributed by atoms with van der Waals surface area (Å²) < 4.78 is 0. The predicted molar refractivity (Wildman–Crippen MR) is 144 cm³/mol. The third-order valence-electron chi connectivity index (χ3n) is 5.74. The zero-order valence-electron chi connectivity index (χ0n) is 20.4. The van der Waals surface area contributed by atoms with Gasteiger partial charge in [-0.3, -0.25) is 9.69 Å². The highest BCUT2D eigenvalue weighted by molar-refractivity contribution is 7.99. The van der Waals surface area contributed by atoms with E-state index in [1.54, 1.807) is 0 Å². The summed E-state index contributed by atoms with van der Waals surface area (Å²) in [7, 11) is 0. The molecular formula is C27H32ClN5OS. The molecule has 1 aromatic heterocycles. The number of nitrogens with one attached hydrogen (secondary N) is 1. The number of nitrogens with zero attached hydrogens (tertiary/aromatic N) is 4. The Kier molecular flexibility index (Phi) is 8.31. The Hall–Kier alpha value is -2.61. The van der Waals surface area contributed by atoms with E-state index in [0.717, 1.165) is 32.0 Å². The van der Waals surface area contributed by atoms with Gasteiger partial charge in [0, 0.05) is 37.8 Å². The number of piperazine rings is 1. The standard InChI is InChI=1S/C27H32ClN5OS/c1-27(2,3)31-24(34)19-35-26-29-22(28)18-23(30-26)32-14-16-33(17-15-32)25(20-10-6-4-7-11-20)21-12-8-5-9-13-21/h4-13,18,25H,14-17,19H2,1-3H3,(H,31,34). The first kappa shape index (κ1) is 25.5. The van der Waals surface area contributed by atoms with E-state index in [2.05, 4.69) is 80.8 Å². The Bertz CT molecular complexity index is 1080. The molecule has 3 aromatic rings. The number of amides is 1. The molecule has 0 aliphatic carbocycles. The van der Waals surface area contributed by atoms with Crippen molar-refractivity contribution in [3.8, 4) is 0 Å². The second kappa shape index (κ2) is 11.4. The van der Waals surface area contributed by atoms with Crippen LogP contribution in [0.2, 0.25) is 5.15 Å². The lowest BCUT2D eigenvalue weighted by Crippen LogP contribution is -2.48. The van der Waals surface area contributed by atoms with Crippen molar-refractivity contribution in [2.45, 2.75) is 37.5 Å². The molecule has 2 aromatic carbocycles. The molecule has 0 unspecified atom stereocenters. The fourth-order valence-electron chi connectivity index (χ4n) is 4.29. The van der Waals surface area contributed by atoms with Crippen LogP contribution in [0.15, 0.2) is 71.9 Å². The first-order valence-electron chi connectivity index (χ1n) is 11.9. The van der Waals surface area contributed by atoms with E-state index in [-0.39, 0.29) is 23.2 Å². The Labute approximate surface area is 217 Å². The number of halogens is 1. The van der Waals surface area contributed by atoms with E-state index >= 15 is 0 Å². The largest absolute Gasteiger partial charge is 0.354 e. The van der Waals surface area contributed by atoms with E-state index in [1.165, 1.54) is 22.9 Å². The number of aromatic nitrogens is 2. The molecule has 1 fully saturated rings. The summed E-state index contributed by atoms with van der Waals surface area (Å²) in [6.45, 7) is 9.34. The number of anilines is 1. The summed E-state index contributed by atoms with van der Waals surface area (Å²) in [6.07, 6.45) is 0. The van der Waals surface area contributed by atoms with Gasteiger partial charge in [0.05, 0.1) is 11.8 Å². The minimum atomic E-state index is -0.269. The van der Waals surface area contributed by atoms with Crippen molar-refractivity contribution in [2.24, 2.45) is 0 Å². The van der Waals surface area contributed by atoms with Crippen LogP contribution in [-0.2, 0) is 4.79 Å². The van der Waals surface area contributed by atoms with Crippen molar-refractivity contribution < 1.29 is 4.79 Å². The molecule has 1 N–H and O–H groups in total. The maximum Gasteiger partial charge on any atom is 0.230 e. The molecule has 1 aliphatic rings. The number of benzene rings is 2. The number of hydrogen-bond acceptors (Lipinski definition) is 6. The van der Waals surface area contributed by atoms with Crippen LogP contribution in [0, 0.1) is 0 Å². The summed E-state index contributed by atoms with van der Waals surface area (Å²) in [5.74, 6) is 1.01. The Morgan fingerprint density at radius 2 is 1.54 bits per heavy atom. The molecule has 2 heterocycles. The van der Waals surface area contributed by atoms with Gasteiger partial charge < -0.3 is 10.2 Å². The lowest BCUT2D eigenvalue weighted by atomic mass is 9.96. The lowest BCUT2D eigenvalue weighted by Gasteiger charge is -2.40. The van der Waals surface area contributed by atoms with Gasteiger partial charge >= 0.3 is 0 Å². The SMILES string of the molecule is CC(C)(C)NC(=O)CSc1nc(Cl)cc(N2CCN(C(c3ccccc3)c3ccccc3)CC2)n1. The molecule has 35 heavy (non-hydrogen) atoms. The highest BCUT2D eigenvalue weighted by atomic mass is 35.5. The van der Waals surface area contributed by atoms with Crippen molar-refractivity contribution in [1.29, 1.82) is 0 Å². The zero-order chi connectivity index (χ0) is 24.8. The third-order valence-corrected chi connectivity index (χ3v) is 6.78. The molecule has 184 valence electrons. The first-order valence-corrected chi connectivity index (χ1v) is 13.2. The number of thioether (sulfide) groups is 1. The van der Waals surface area contributed by atoms with Crippen molar-refractivity contribution in [2.75, 3.05) is 36.8 Å². The second-order valence-electron chi connectivity index (χ2n) is 9.67. The van der Waals surface area contributed by atoms with Crippen LogP contribution in [0.25, 0.3) is 0 Å². The fourth-order valence-corrected chi connectivity index (χ4v) is 5.17. The fraction of sp³-hybridized carbons (Fsp3) is 0.370. The molecule has 0 radical (unpaired) electrons. The maximum atomic E-state index is 12.2. The normalized spacial score (nSPS) is 14.8. The smallest absolute Gasteiger partial charge is 0.230 e. The van der Waals surface area contributed by atoms with Gasteiger partial charge in [-0.15, -0.1) is 0 Å². The van der Waals surface area contributed by atoms with Crippen LogP contribution in [0.4, 0.5) is 5.82 Å². The first-order chi connectivity index (χ1) is 16.8. The van der Waals surface area contributed by atoms with E-state index in [0.29, 0.717) is 10.3 Å². The van der Waals surface area contributed by atoms with Gasteiger partial charge in [-0.2, -0.15) is 0 Å². The van der Waals surface area contributed by atoms with Gasteiger partial charge in [0.15, 0.2) is 5.16 Å². The van der Waals surface area contributed by atoms with Crippen LogP contribution in [0.1, 0.15) is 37.9 Å². The highest BCUT2D eigenvalue weighted by Gasteiger charge is 2.27. The average molecular weight is 510 g/mol. The van der Waals surface area contributed by atoms with Gasteiger partial charge in [-0.05, 0) is 31.9 Å². The van der Waals surface area contributed by atoms with E-state index in [1.807, 2.05) is 26.8 Å². The van der Waals surface area contributed by atoms with Gasteiger partial charge in [0.2, 0.25) is 5.91 Å². The molecule has 8 heteroatoms. The van der Waals surface area contributed by atoms with Crippen LogP contribution in [0.3, 0.4) is 0 Å². The lowest BCUT2D eigenvalue weighted by molar-refractivity contribution is -0.119. The monoisotopic (exact) mass is 509 g/mol. The zero-order valence-corrected chi connectivity index (χ0v) is 22.0. The van der Waals surface area contributed by atoms with Crippen LogP contribution < -0.4 is 10.2 Å². The Morgan fingerprint density at radius 3 is 2.09 bits per heavy atom. The number of hydrogen-bond donors (Lipinski definition) is 1. The second-order valence-corrected chi connectivity index (χ2v) is 11.0. The van der Waals surface area contributed by atoms with Gasteiger partial charge in [-0.25, -0.2) is 9.97 Å². The van der Waals surface area contributed by atoms with Crippen LogP contribution in [-0.4, -0.2) is 58.2 Å². The van der Waals surface area contributed by atoms with Crippen LogP contribution in [0.5, 0.6) is 0 Å². The summed E-state index contributed by atoms with van der Waals surface area (Å²) in [4.78, 5) is 26.0. The minimum absolute atomic E-state index is 0.0471. The van der Waals surface area contributed by atoms with Crippen molar-refractivity contribution in [1.82, 2.24) is 20.2 Å². The Balaban J connectivity index is 1.44. The summed E-state index contributed by atoms with van der Waals surface area (Å²) in [5.41, 5.74) is 2.32. The highest BCUT2D eigenvalue weighted by Crippen LogP contribution is 2.30. The summed E-state index contributed by atoms with van der Waals surface area (Å²) >= 11 is 7.63. The van der Waals surface area contributed by atoms with Gasteiger partial charge in [-0.1, -0.05) is 84.0 Å². The molecule has 6 nitrogen and oxygen atoms in total. The quantitative estimate of drug-likeness (QED) is 0.273. The number of rotatable bonds is 7. The molecule has 1 amide bonds. The number of carbonyl (C=O) groups is 1. The van der Waals surface area contributed by atoms with E-state index in [4.69, 9.17) is 16.6 Å².